The SMILES string of the molecule is O=C(COc1cccc(Cl)c1)Nc1ccc2c(c1)CN(S(=O)(=O)c1ccc(Cl)cc1)CC2. The second-order valence-electron chi connectivity index (χ2n) is 7.32. The number of fused-ring (bicyclic) bond motifs is 1. The predicted octanol–water partition coefficient (Wildman–Crippen LogP) is 4.76. The van der Waals surface area contributed by atoms with Crippen LogP contribution in [0.25, 0.3) is 0 Å². The molecule has 1 amide bonds. The molecule has 6 nitrogen and oxygen atoms in total. The van der Waals surface area contributed by atoms with Crippen molar-refractivity contribution < 1.29 is 17.9 Å². The number of sulfonamides is 1. The van der Waals surface area contributed by atoms with Gasteiger partial charge in [0.2, 0.25) is 10.0 Å². The highest BCUT2D eigenvalue weighted by Crippen LogP contribution is 2.27. The molecular formula is C23H20Cl2N2O4S. The first kappa shape index (κ1) is 22.6. The summed E-state index contributed by atoms with van der Waals surface area (Å²) in [5.41, 5.74) is 2.48. The Morgan fingerprint density at radius 1 is 0.969 bits per heavy atom. The van der Waals surface area contributed by atoms with Crippen molar-refractivity contribution in [3.63, 3.8) is 0 Å². The Kier molecular flexibility index (Phi) is 6.71. The number of carbonyl (C=O) groups excluding carboxylic acids is 1. The number of carbonyl (C=O) groups is 1. The van der Waals surface area contributed by atoms with Crippen molar-refractivity contribution in [1.29, 1.82) is 0 Å². The van der Waals surface area contributed by atoms with Gasteiger partial charge in [-0.1, -0.05) is 35.3 Å². The smallest absolute Gasteiger partial charge is 0.262 e. The number of nitrogens with one attached hydrogen (secondary N) is 1. The molecule has 1 aliphatic heterocycles. The minimum atomic E-state index is -3.64. The second-order valence-corrected chi connectivity index (χ2v) is 10.1. The number of benzene rings is 3. The molecule has 0 saturated heterocycles. The van der Waals surface area contributed by atoms with Crippen LogP contribution in [0.5, 0.6) is 5.75 Å². The van der Waals surface area contributed by atoms with E-state index in [9.17, 15) is 13.2 Å². The number of hydrogen-bond acceptors (Lipinski definition) is 4. The topological polar surface area (TPSA) is 75.7 Å². The van der Waals surface area contributed by atoms with Crippen LogP contribution in [0.1, 0.15) is 11.1 Å². The molecule has 0 bridgehead atoms. The van der Waals surface area contributed by atoms with Crippen LogP contribution in [-0.4, -0.2) is 31.8 Å². The fraction of sp³-hybridized carbons (Fsp3) is 0.174. The summed E-state index contributed by atoms with van der Waals surface area (Å²) in [7, 11) is -3.64. The number of nitrogens with zero attached hydrogens (tertiary/aromatic N) is 1. The van der Waals surface area contributed by atoms with Crippen molar-refractivity contribution in [1.82, 2.24) is 4.31 Å². The van der Waals surface area contributed by atoms with E-state index in [-0.39, 0.29) is 24.0 Å². The summed E-state index contributed by atoms with van der Waals surface area (Å²) in [5.74, 6) is 0.174. The van der Waals surface area contributed by atoms with Gasteiger partial charge in [0.15, 0.2) is 6.61 Å². The summed E-state index contributed by atoms with van der Waals surface area (Å²) in [6, 6.07) is 18.5. The summed E-state index contributed by atoms with van der Waals surface area (Å²) in [5, 5.41) is 3.79. The van der Waals surface area contributed by atoms with E-state index in [1.54, 1.807) is 48.5 Å². The predicted molar refractivity (Wildman–Crippen MR) is 125 cm³/mol. The zero-order chi connectivity index (χ0) is 22.7. The van der Waals surface area contributed by atoms with Gasteiger partial charge < -0.3 is 10.1 Å². The molecule has 0 aliphatic carbocycles. The third-order valence-corrected chi connectivity index (χ3v) is 7.43. The third-order valence-electron chi connectivity index (χ3n) is 5.08. The minimum absolute atomic E-state index is 0.172. The van der Waals surface area contributed by atoms with Crippen LogP contribution in [-0.2, 0) is 27.8 Å². The van der Waals surface area contributed by atoms with Gasteiger partial charge in [-0.15, -0.1) is 0 Å². The van der Waals surface area contributed by atoms with Gasteiger partial charge in [0.1, 0.15) is 5.75 Å². The van der Waals surface area contributed by atoms with Gasteiger partial charge in [0.25, 0.3) is 5.91 Å². The number of amides is 1. The van der Waals surface area contributed by atoms with E-state index in [4.69, 9.17) is 27.9 Å². The van der Waals surface area contributed by atoms with Crippen molar-refractivity contribution in [2.75, 3.05) is 18.5 Å². The molecular weight excluding hydrogens is 471 g/mol. The zero-order valence-corrected chi connectivity index (χ0v) is 19.3. The lowest BCUT2D eigenvalue weighted by molar-refractivity contribution is -0.118. The highest BCUT2D eigenvalue weighted by Gasteiger charge is 2.28. The summed E-state index contributed by atoms with van der Waals surface area (Å²) >= 11 is 11.8. The van der Waals surface area contributed by atoms with E-state index in [1.807, 2.05) is 6.07 Å². The van der Waals surface area contributed by atoms with Crippen LogP contribution in [0, 0.1) is 0 Å². The molecule has 0 unspecified atom stereocenters. The zero-order valence-electron chi connectivity index (χ0n) is 16.9. The molecule has 0 atom stereocenters. The number of anilines is 1. The maximum absolute atomic E-state index is 13.0. The molecule has 0 radical (unpaired) electrons. The molecule has 4 rings (SSSR count). The van der Waals surface area contributed by atoms with Crippen LogP contribution in [0.15, 0.2) is 71.6 Å². The van der Waals surface area contributed by atoms with Crippen molar-refractivity contribution in [2.45, 2.75) is 17.9 Å². The molecule has 32 heavy (non-hydrogen) atoms. The lowest BCUT2D eigenvalue weighted by Crippen LogP contribution is -2.36. The Hall–Kier alpha value is -2.58. The van der Waals surface area contributed by atoms with Crippen LogP contribution >= 0.6 is 23.2 Å². The minimum Gasteiger partial charge on any atom is -0.484 e. The summed E-state index contributed by atoms with van der Waals surface area (Å²) in [6.45, 7) is 0.439. The maximum Gasteiger partial charge on any atom is 0.262 e. The first-order chi connectivity index (χ1) is 15.3. The largest absolute Gasteiger partial charge is 0.484 e. The number of rotatable bonds is 6. The quantitative estimate of drug-likeness (QED) is 0.540. The molecule has 0 aromatic heterocycles. The number of hydrogen-bond donors (Lipinski definition) is 1. The molecule has 166 valence electrons. The fourth-order valence-corrected chi connectivity index (χ4v) is 5.20. The van der Waals surface area contributed by atoms with E-state index >= 15 is 0 Å². The van der Waals surface area contributed by atoms with Crippen molar-refractivity contribution in [3.8, 4) is 5.75 Å². The van der Waals surface area contributed by atoms with Gasteiger partial charge in [0, 0.05) is 28.8 Å². The Morgan fingerprint density at radius 3 is 2.50 bits per heavy atom. The summed E-state index contributed by atoms with van der Waals surface area (Å²) < 4.78 is 32.9. The molecule has 1 aliphatic rings. The van der Waals surface area contributed by atoms with Crippen LogP contribution < -0.4 is 10.1 Å². The monoisotopic (exact) mass is 490 g/mol. The first-order valence-corrected chi connectivity index (χ1v) is 12.1. The van der Waals surface area contributed by atoms with E-state index in [1.165, 1.54) is 16.4 Å². The molecule has 0 saturated carbocycles. The lowest BCUT2D eigenvalue weighted by Gasteiger charge is -2.28. The van der Waals surface area contributed by atoms with E-state index in [0.29, 0.717) is 34.4 Å². The average Bonchev–Trinajstić information content (AvgIpc) is 2.77. The maximum atomic E-state index is 13.0. The summed E-state index contributed by atoms with van der Waals surface area (Å²) in [6.07, 6.45) is 0.592. The average molecular weight is 491 g/mol. The van der Waals surface area contributed by atoms with Gasteiger partial charge in [-0.2, -0.15) is 4.31 Å². The van der Waals surface area contributed by atoms with Gasteiger partial charge in [-0.25, -0.2) is 8.42 Å². The van der Waals surface area contributed by atoms with Crippen LogP contribution in [0.4, 0.5) is 5.69 Å². The first-order valence-electron chi connectivity index (χ1n) is 9.87. The van der Waals surface area contributed by atoms with E-state index in [2.05, 4.69) is 5.32 Å². The Bertz CT molecular complexity index is 1250. The lowest BCUT2D eigenvalue weighted by atomic mass is 10.0. The second kappa shape index (κ2) is 9.50. The van der Waals surface area contributed by atoms with E-state index in [0.717, 1.165) is 11.1 Å². The standard InChI is InChI=1S/C23H20Cl2N2O4S/c24-18-5-8-22(9-6-18)32(29,30)27-11-10-16-4-7-20(12-17(16)14-27)26-23(28)15-31-21-3-1-2-19(25)13-21/h1-9,12-13H,10-11,14-15H2,(H,26,28). The Labute approximate surface area is 196 Å². The van der Waals surface area contributed by atoms with Crippen molar-refractivity contribution in [3.05, 3.63) is 87.9 Å². The van der Waals surface area contributed by atoms with Crippen LogP contribution in [0.2, 0.25) is 10.0 Å². The van der Waals surface area contributed by atoms with Crippen molar-refractivity contribution in [2.24, 2.45) is 0 Å². The van der Waals surface area contributed by atoms with E-state index < -0.39 is 10.0 Å². The molecule has 3 aromatic rings. The highest BCUT2D eigenvalue weighted by molar-refractivity contribution is 7.89. The molecule has 0 fully saturated rings. The molecule has 0 spiro atoms. The van der Waals surface area contributed by atoms with Gasteiger partial charge in [-0.05, 0) is 72.1 Å². The molecule has 9 heteroatoms. The summed E-state index contributed by atoms with van der Waals surface area (Å²) in [4.78, 5) is 12.5. The molecule has 1 N–H and O–H groups in total. The highest BCUT2D eigenvalue weighted by atomic mass is 35.5. The molecule has 1 heterocycles. The third kappa shape index (κ3) is 5.24. The normalized spacial score (nSPS) is 13.9. The Balaban J connectivity index is 1.43. The number of ether oxygens (including phenoxy) is 1. The Morgan fingerprint density at radius 2 is 1.75 bits per heavy atom. The van der Waals surface area contributed by atoms with Crippen LogP contribution in [0.3, 0.4) is 0 Å². The molecule has 3 aromatic carbocycles. The van der Waals surface area contributed by atoms with Gasteiger partial charge >= 0.3 is 0 Å². The van der Waals surface area contributed by atoms with Gasteiger partial charge in [-0.3, -0.25) is 4.79 Å². The number of halogens is 2. The van der Waals surface area contributed by atoms with Crippen molar-refractivity contribution >= 4 is 44.8 Å². The van der Waals surface area contributed by atoms with Gasteiger partial charge in [0.05, 0.1) is 4.90 Å². The fourth-order valence-electron chi connectivity index (χ4n) is 3.47.